The van der Waals surface area contributed by atoms with Crippen molar-refractivity contribution >= 4 is 35.3 Å². The quantitative estimate of drug-likeness (QED) is 0.452. The van der Waals surface area contributed by atoms with E-state index >= 15 is 0 Å². The molecule has 0 saturated heterocycles. The molecule has 8 heteroatoms. The number of carboxylic acid groups (broad SMARTS) is 3. The number of carboxylic acids is 3. The number of hydrogen-bond acceptors (Lipinski definition) is 7. The first-order chi connectivity index (χ1) is 5.78. The van der Waals surface area contributed by atoms with Gasteiger partial charge in [-0.3, -0.25) is 0 Å². The van der Waals surface area contributed by atoms with E-state index in [0.29, 0.717) is 0 Å². The van der Waals surface area contributed by atoms with E-state index in [-0.39, 0.29) is 18.8 Å². The predicted molar refractivity (Wildman–Crippen MR) is 36.1 cm³/mol. The Labute approximate surface area is 90.6 Å². The van der Waals surface area contributed by atoms with Crippen molar-refractivity contribution in [2.24, 2.45) is 0 Å². The van der Waals surface area contributed by atoms with E-state index in [1.54, 1.807) is 0 Å². The summed E-state index contributed by atoms with van der Waals surface area (Å²) >= 11 is 0. The van der Waals surface area contributed by atoms with Crippen LogP contribution in [-0.2, 0) is 14.4 Å². The molecule has 0 aliphatic heterocycles. The van der Waals surface area contributed by atoms with E-state index in [1.807, 2.05) is 0 Å². The first kappa shape index (κ1) is 15.4. The first-order valence-corrected chi connectivity index (χ1v) is 3.11. The van der Waals surface area contributed by atoms with E-state index in [0.717, 1.165) is 0 Å². The minimum atomic E-state index is -2.97. The molecule has 0 aromatic rings. The zero-order valence-electron chi connectivity index (χ0n) is 7.89. The van der Waals surface area contributed by atoms with Crippen molar-refractivity contribution in [3.05, 3.63) is 0 Å². The van der Waals surface area contributed by atoms with E-state index < -0.39 is 36.4 Å². The molecule has 74 valence electrons. The molecule has 0 aromatic heterocycles. The Morgan fingerprint density at radius 3 is 1.50 bits per heavy atom. The Morgan fingerprint density at radius 2 is 1.36 bits per heavy atom. The number of hydrogen-bond donors (Lipinski definition) is 1. The second-order valence-electron chi connectivity index (χ2n) is 2.42. The van der Waals surface area contributed by atoms with Gasteiger partial charge in [0.1, 0.15) is 5.60 Å². The topological polar surface area (TPSA) is 141 Å². The van der Waals surface area contributed by atoms with Crippen molar-refractivity contribution in [3.8, 4) is 0 Å². The van der Waals surface area contributed by atoms with Crippen molar-refractivity contribution in [2.75, 3.05) is 0 Å². The average molecular weight is 217 g/mol. The normalized spacial score (nSPS) is 10.1. The van der Waals surface area contributed by atoms with Gasteiger partial charge in [0.05, 0.1) is 5.97 Å². The fraction of sp³-hybridized carbons (Fsp3) is 0.500. The molecule has 7 nitrogen and oxygen atoms in total. The maximum atomic E-state index is 10.1. The smallest absolute Gasteiger partial charge is 0.550 e. The summed E-state index contributed by atoms with van der Waals surface area (Å²) in [5, 5.41) is 38.9. The van der Waals surface area contributed by atoms with Crippen LogP contribution in [0.15, 0.2) is 0 Å². The van der Waals surface area contributed by atoms with Crippen molar-refractivity contribution < 1.29 is 36.2 Å². The molecular formula is C6H6AlO7+. The molecule has 0 unspecified atom stereocenters. The Balaban J connectivity index is -0.000000720. The molecule has 0 rings (SSSR count). The Kier molecular flexibility index (Phi) is 6.15. The van der Waals surface area contributed by atoms with Gasteiger partial charge in [-0.25, -0.2) is 0 Å². The van der Waals surface area contributed by atoms with Crippen molar-refractivity contribution in [2.45, 2.75) is 18.4 Å². The third-order valence-electron chi connectivity index (χ3n) is 1.25. The summed E-state index contributed by atoms with van der Waals surface area (Å²) in [6, 6.07) is 0. The summed E-state index contributed by atoms with van der Waals surface area (Å²) in [5.74, 6) is -5.98. The van der Waals surface area contributed by atoms with Gasteiger partial charge in [-0.15, -0.1) is 0 Å². The Hall–Kier alpha value is -1.10. The van der Waals surface area contributed by atoms with Gasteiger partial charge in [0, 0.05) is 24.8 Å². The fourth-order valence-electron chi connectivity index (χ4n) is 0.684. The van der Waals surface area contributed by atoms with Gasteiger partial charge in [0.15, 0.2) is 0 Å². The monoisotopic (exact) mass is 217 g/mol. The third kappa shape index (κ3) is 4.81. The molecule has 14 heavy (non-hydrogen) atoms. The maximum Gasteiger partial charge on any atom is 3.00 e. The molecule has 0 spiro atoms. The van der Waals surface area contributed by atoms with E-state index in [1.165, 1.54) is 0 Å². The van der Waals surface area contributed by atoms with Crippen LogP contribution < -0.4 is 15.3 Å². The molecule has 1 N–H and O–H groups in total. The molecule has 0 heterocycles. The van der Waals surface area contributed by atoms with Crippen LogP contribution in [0.2, 0.25) is 0 Å². The largest absolute Gasteiger partial charge is 3.00 e. The third-order valence-corrected chi connectivity index (χ3v) is 1.25. The predicted octanol–water partition coefficient (Wildman–Crippen LogP) is -5.52. The van der Waals surface area contributed by atoms with Gasteiger partial charge in [-0.05, 0) is 0 Å². The number of rotatable bonds is 5. The van der Waals surface area contributed by atoms with E-state index in [2.05, 4.69) is 0 Å². The van der Waals surface area contributed by atoms with Crippen LogP contribution >= 0.6 is 0 Å². The summed E-state index contributed by atoms with van der Waals surface area (Å²) in [5.41, 5.74) is -2.97. The van der Waals surface area contributed by atoms with E-state index in [4.69, 9.17) is 5.11 Å². The van der Waals surface area contributed by atoms with Crippen LogP contribution in [0, 0.1) is 0 Å². The molecule has 0 aliphatic carbocycles. The molecule has 0 fully saturated rings. The van der Waals surface area contributed by atoms with Crippen LogP contribution in [0.25, 0.3) is 0 Å². The summed E-state index contributed by atoms with van der Waals surface area (Å²) in [4.78, 5) is 30.0. The molecular weight excluding hydrogens is 211 g/mol. The van der Waals surface area contributed by atoms with Crippen LogP contribution in [0.4, 0.5) is 0 Å². The number of carbonyl (C=O) groups excluding carboxylic acids is 3. The number of carbonyl (C=O) groups is 3. The minimum Gasteiger partial charge on any atom is -0.550 e. The number of aliphatic hydroxyl groups is 1. The standard InChI is InChI=1S/C6H8O7.Al/c7-3(8)1-6(13,5(11)12)2-4(9)10;/h13H,1-2H2,(H,7,8)(H,9,10)(H,11,12);/q;+3/p-2. The first-order valence-electron chi connectivity index (χ1n) is 3.11. The van der Waals surface area contributed by atoms with Crippen LogP contribution in [0.1, 0.15) is 14.3 Å². The van der Waals surface area contributed by atoms with Crippen LogP contribution in [0.3, 0.4) is 0 Å². The van der Waals surface area contributed by atoms with Gasteiger partial charge in [0.25, 0.3) is 0 Å². The average Bonchev–Trinajstić information content (AvgIpc) is 1.82. The molecule has 0 radical (unpaired) electrons. The van der Waals surface area contributed by atoms with Gasteiger partial charge in [-0.1, -0.05) is 0 Å². The van der Waals surface area contributed by atoms with Gasteiger partial charge < -0.3 is 34.8 Å². The summed E-state index contributed by atoms with van der Waals surface area (Å²) in [6.07, 6.45) is -2.72. The number of aliphatic carboxylic acids is 3. The van der Waals surface area contributed by atoms with Crippen molar-refractivity contribution in [3.63, 3.8) is 0 Å². The minimum absolute atomic E-state index is 0. The Bertz CT molecular complexity index is 238. The SMILES string of the molecule is O=C([O-])CC(O)(CC(=O)[O-])C(=O)[O-].[Al+3].[H+]. The van der Waals surface area contributed by atoms with Gasteiger partial charge in [-0.2, -0.15) is 0 Å². The second-order valence-corrected chi connectivity index (χ2v) is 2.42. The molecule has 0 bridgehead atoms. The summed E-state index contributed by atoms with van der Waals surface area (Å²) in [6.45, 7) is 0. The van der Waals surface area contributed by atoms with Crippen molar-refractivity contribution in [1.82, 2.24) is 0 Å². The molecule has 0 saturated carbocycles. The molecule has 0 atom stereocenters. The molecule has 0 aliphatic rings. The maximum absolute atomic E-state index is 10.1. The fourth-order valence-corrected chi connectivity index (χ4v) is 0.684. The second kappa shape index (κ2) is 5.59. The summed E-state index contributed by atoms with van der Waals surface area (Å²) in [7, 11) is 0. The Morgan fingerprint density at radius 1 is 1.07 bits per heavy atom. The molecule has 0 aromatic carbocycles. The molecule has 0 amide bonds. The summed E-state index contributed by atoms with van der Waals surface area (Å²) < 4.78 is 0. The van der Waals surface area contributed by atoms with Gasteiger partial charge in [0.2, 0.25) is 0 Å². The van der Waals surface area contributed by atoms with Crippen molar-refractivity contribution in [1.29, 1.82) is 0 Å². The van der Waals surface area contributed by atoms with E-state index in [9.17, 15) is 29.7 Å². The zero-order valence-corrected chi connectivity index (χ0v) is 8.04. The van der Waals surface area contributed by atoms with Gasteiger partial charge >= 0.3 is 18.8 Å². The van der Waals surface area contributed by atoms with Crippen LogP contribution in [-0.4, -0.2) is 46.0 Å². The zero-order chi connectivity index (χ0) is 10.6. The van der Waals surface area contributed by atoms with Crippen LogP contribution in [0.5, 0.6) is 0 Å².